The predicted octanol–water partition coefficient (Wildman–Crippen LogP) is 3.01. The largest absolute Gasteiger partial charge is 0.388 e. The molecule has 0 radical (unpaired) electrons. The van der Waals surface area contributed by atoms with Crippen molar-refractivity contribution in [2.75, 3.05) is 0 Å². The lowest BCUT2D eigenvalue weighted by molar-refractivity contribution is 0.154. The van der Waals surface area contributed by atoms with Crippen molar-refractivity contribution in [1.29, 1.82) is 5.26 Å². The summed E-state index contributed by atoms with van der Waals surface area (Å²) < 4.78 is 13.7. The maximum Gasteiger partial charge on any atom is 0.315 e. The van der Waals surface area contributed by atoms with E-state index in [4.69, 9.17) is 5.26 Å². The van der Waals surface area contributed by atoms with E-state index in [1.54, 1.807) is 6.92 Å². The predicted molar refractivity (Wildman–Crippen MR) is 92.0 cm³/mol. The summed E-state index contributed by atoms with van der Waals surface area (Å²) in [6, 6.07) is 14.4. The van der Waals surface area contributed by atoms with Gasteiger partial charge in [0, 0.05) is 18.2 Å². The average molecular weight is 341 g/mol. The van der Waals surface area contributed by atoms with E-state index >= 15 is 0 Å². The molecule has 130 valence electrons. The van der Waals surface area contributed by atoms with Gasteiger partial charge in [0.25, 0.3) is 0 Å². The number of nitrogens with one attached hydrogen (secondary N) is 2. The van der Waals surface area contributed by atoms with E-state index in [0.29, 0.717) is 12.0 Å². The standard InChI is InChI=1S/C19H20FN3O2/c1-13(9-18(24)15-5-3-2-4-6-15)23-19(25)22-12-16-10-14(11-21)7-8-17(16)20/h2-8,10,13,18,24H,9,12H2,1H3,(H2,22,23,25). The van der Waals surface area contributed by atoms with Crippen LogP contribution in [0.25, 0.3) is 0 Å². The number of nitriles is 1. The molecule has 0 aliphatic rings. The molecule has 5 nitrogen and oxygen atoms in total. The van der Waals surface area contributed by atoms with Crippen molar-refractivity contribution >= 4 is 6.03 Å². The highest BCUT2D eigenvalue weighted by molar-refractivity contribution is 5.74. The molecule has 25 heavy (non-hydrogen) atoms. The fourth-order valence-corrected chi connectivity index (χ4v) is 2.44. The average Bonchev–Trinajstić information content (AvgIpc) is 2.61. The molecule has 2 rings (SSSR count). The Morgan fingerprint density at radius 1 is 1.28 bits per heavy atom. The highest BCUT2D eigenvalue weighted by Crippen LogP contribution is 2.17. The van der Waals surface area contributed by atoms with Crippen molar-refractivity contribution in [2.24, 2.45) is 0 Å². The number of hydrogen-bond acceptors (Lipinski definition) is 3. The molecule has 0 aliphatic heterocycles. The Balaban J connectivity index is 1.83. The fourth-order valence-electron chi connectivity index (χ4n) is 2.44. The van der Waals surface area contributed by atoms with Gasteiger partial charge < -0.3 is 15.7 Å². The fraction of sp³-hybridized carbons (Fsp3) is 0.263. The SMILES string of the molecule is CC(CC(O)c1ccccc1)NC(=O)NCc1cc(C#N)ccc1F. The third-order valence-electron chi connectivity index (χ3n) is 3.75. The molecule has 0 aliphatic carbocycles. The summed E-state index contributed by atoms with van der Waals surface area (Å²) in [5.74, 6) is -0.480. The minimum atomic E-state index is -0.679. The second kappa shape index (κ2) is 8.81. The summed E-state index contributed by atoms with van der Waals surface area (Å²) in [5, 5.41) is 24.2. The van der Waals surface area contributed by atoms with Crippen LogP contribution in [0.5, 0.6) is 0 Å². The molecular formula is C19H20FN3O2. The van der Waals surface area contributed by atoms with Crippen LogP contribution in [-0.4, -0.2) is 17.2 Å². The van der Waals surface area contributed by atoms with Gasteiger partial charge in [-0.1, -0.05) is 30.3 Å². The van der Waals surface area contributed by atoms with Gasteiger partial charge in [0.15, 0.2) is 0 Å². The quantitative estimate of drug-likeness (QED) is 0.755. The Morgan fingerprint density at radius 3 is 2.68 bits per heavy atom. The van der Waals surface area contributed by atoms with E-state index in [9.17, 15) is 14.3 Å². The van der Waals surface area contributed by atoms with Crippen LogP contribution in [0.15, 0.2) is 48.5 Å². The lowest BCUT2D eigenvalue weighted by Crippen LogP contribution is -2.41. The molecule has 0 saturated carbocycles. The van der Waals surface area contributed by atoms with Crippen molar-refractivity contribution in [3.8, 4) is 6.07 Å². The zero-order valence-electron chi connectivity index (χ0n) is 13.9. The summed E-state index contributed by atoms with van der Waals surface area (Å²) in [7, 11) is 0. The number of amides is 2. The first-order valence-electron chi connectivity index (χ1n) is 7.95. The Labute approximate surface area is 146 Å². The molecule has 2 unspecified atom stereocenters. The summed E-state index contributed by atoms with van der Waals surface area (Å²) >= 11 is 0. The van der Waals surface area contributed by atoms with Crippen molar-refractivity contribution in [2.45, 2.75) is 32.0 Å². The number of benzene rings is 2. The number of urea groups is 1. The number of halogens is 1. The number of nitrogens with zero attached hydrogens (tertiary/aromatic N) is 1. The van der Waals surface area contributed by atoms with E-state index in [1.807, 2.05) is 36.4 Å². The lowest BCUT2D eigenvalue weighted by Gasteiger charge is -2.18. The second-order valence-corrected chi connectivity index (χ2v) is 5.81. The first-order valence-corrected chi connectivity index (χ1v) is 7.95. The van der Waals surface area contributed by atoms with E-state index in [-0.39, 0.29) is 18.2 Å². The summed E-state index contributed by atoms with van der Waals surface area (Å²) in [6.45, 7) is 1.75. The number of aliphatic hydroxyl groups is 1. The highest BCUT2D eigenvalue weighted by Gasteiger charge is 2.14. The molecule has 2 aromatic rings. The topological polar surface area (TPSA) is 85.2 Å². The molecule has 6 heteroatoms. The molecule has 0 bridgehead atoms. The second-order valence-electron chi connectivity index (χ2n) is 5.81. The summed E-state index contributed by atoms with van der Waals surface area (Å²) in [6.07, 6.45) is -0.323. The van der Waals surface area contributed by atoms with Crippen molar-refractivity contribution < 1.29 is 14.3 Å². The lowest BCUT2D eigenvalue weighted by atomic mass is 10.0. The monoisotopic (exact) mass is 341 g/mol. The molecule has 0 fully saturated rings. The number of hydrogen-bond donors (Lipinski definition) is 3. The van der Waals surface area contributed by atoms with Crippen LogP contribution in [-0.2, 0) is 6.54 Å². The van der Waals surface area contributed by atoms with Gasteiger partial charge >= 0.3 is 6.03 Å². The van der Waals surface area contributed by atoms with E-state index in [0.717, 1.165) is 5.56 Å². The van der Waals surface area contributed by atoms with Crippen LogP contribution >= 0.6 is 0 Å². The number of carbonyl (C=O) groups is 1. The maximum atomic E-state index is 13.7. The van der Waals surface area contributed by atoms with E-state index < -0.39 is 18.0 Å². The molecule has 2 atom stereocenters. The van der Waals surface area contributed by atoms with Gasteiger partial charge in [-0.25, -0.2) is 9.18 Å². The molecular weight excluding hydrogens is 321 g/mol. The van der Waals surface area contributed by atoms with Crippen LogP contribution in [0.2, 0.25) is 0 Å². The first-order chi connectivity index (χ1) is 12.0. The molecule has 0 spiro atoms. The van der Waals surface area contributed by atoms with Crippen LogP contribution in [0, 0.1) is 17.1 Å². The molecule has 0 saturated heterocycles. The Morgan fingerprint density at radius 2 is 2.00 bits per heavy atom. The Kier molecular flexibility index (Phi) is 6.49. The molecule has 2 aromatic carbocycles. The minimum absolute atomic E-state index is 0.0266. The van der Waals surface area contributed by atoms with Crippen LogP contribution in [0.1, 0.15) is 36.1 Å². The number of aliphatic hydroxyl groups excluding tert-OH is 1. The molecule has 0 aromatic heterocycles. The van der Waals surface area contributed by atoms with Gasteiger partial charge in [0.05, 0.1) is 17.7 Å². The van der Waals surface area contributed by atoms with Gasteiger partial charge in [-0.05, 0) is 37.1 Å². The van der Waals surface area contributed by atoms with Gasteiger partial charge in [0.2, 0.25) is 0 Å². The van der Waals surface area contributed by atoms with Gasteiger partial charge in [-0.3, -0.25) is 0 Å². The van der Waals surface area contributed by atoms with Crippen LogP contribution in [0.4, 0.5) is 9.18 Å². The van der Waals surface area contributed by atoms with E-state index in [1.165, 1.54) is 18.2 Å². The number of carbonyl (C=O) groups excluding carboxylic acids is 1. The first kappa shape index (κ1) is 18.4. The third kappa shape index (κ3) is 5.59. The van der Waals surface area contributed by atoms with Crippen LogP contribution in [0.3, 0.4) is 0 Å². The van der Waals surface area contributed by atoms with E-state index in [2.05, 4.69) is 10.6 Å². The maximum absolute atomic E-state index is 13.7. The zero-order chi connectivity index (χ0) is 18.2. The molecule has 2 amide bonds. The smallest absolute Gasteiger partial charge is 0.315 e. The minimum Gasteiger partial charge on any atom is -0.388 e. The van der Waals surface area contributed by atoms with Crippen molar-refractivity contribution in [3.63, 3.8) is 0 Å². The number of rotatable bonds is 6. The highest BCUT2D eigenvalue weighted by atomic mass is 19.1. The van der Waals surface area contributed by atoms with Gasteiger partial charge in [0.1, 0.15) is 5.82 Å². The third-order valence-corrected chi connectivity index (χ3v) is 3.75. The normalized spacial score (nSPS) is 12.7. The summed E-state index contributed by atoms with van der Waals surface area (Å²) in [5.41, 5.74) is 1.36. The Hall–Kier alpha value is -2.91. The summed E-state index contributed by atoms with van der Waals surface area (Å²) in [4.78, 5) is 11.9. The Bertz CT molecular complexity index is 759. The van der Waals surface area contributed by atoms with Crippen molar-refractivity contribution in [3.05, 3.63) is 71.0 Å². The van der Waals surface area contributed by atoms with Crippen molar-refractivity contribution in [1.82, 2.24) is 10.6 Å². The van der Waals surface area contributed by atoms with Gasteiger partial charge in [-0.2, -0.15) is 5.26 Å². The van der Waals surface area contributed by atoms with Gasteiger partial charge in [-0.15, -0.1) is 0 Å². The molecule has 3 N–H and O–H groups in total. The molecule has 0 heterocycles. The zero-order valence-corrected chi connectivity index (χ0v) is 13.9. The van der Waals surface area contributed by atoms with Crippen LogP contribution < -0.4 is 10.6 Å².